The zero-order valence-electron chi connectivity index (χ0n) is 11.8. The van der Waals surface area contributed by atoms with Gasteiger partial charge in [0.1, 0.15) is 5.82 Å². The third-order valence-corrected chi connectivity index (χ3v) is 3.36. The van der Waals surface area contributed by atoms with Crippen LogP contribution in [0.3, 0.4) is 0 Å². The van der Waals surface area contributed by atoms with Gasteiger partial charge in [0.2, 0.25) is 0 Å². The molecule has 1 N–H and O–H groups in total. The van der Waals surface area contributed by atoms with Crippen LogP contribution in [0.4, 0.5) is 5.82 Å². The molecule has 1 unspecified atom stereocenters. The van der Waals surface area contributed by atoms with Crippen LogP contribution in [0.1, 0.15) is 32.4 Å². The maximum Gasteiger partial charge on any atom is 0.126 e. The Labute approximate surface area is 120 Å². The van der Waals surface area contributed by atoms with E-state index in [0.29, 0.717) is 18.0 Å². The van der Waals surface area contributed by atoms with Crippen LogP contribution in [0.15, 0.2) is 12.1 Å². The summed E-state index contributed by atoms with van der Waals surface area (Å²) in [6, 6.07) is 6.13. The third kappa shape index (κ3) is 5.06. The molecular weight excluding hydrogens is 260 g/mol. The zero-order valence-corrected chi connectivity index (χ0v) is 12.5. The van der Waals surface area contributed by atoms with Gasteiger partial charge in [-0.3, -0.25) is 4.90 Å². The topological polar surface area (TPSA) is 52.0 Å². The number of pyridine rings is 1. The first kappa shape index (κ1) is 15.7. The predicted molar refractivity (Wildman–Crippen MR) is 79.2 cm³/mol. The first-order chi connectivity index (χ1) is 9.08. The molecule has 0 aromatic carbocycles. The van der Waals surface area contributed by atoms with E-state index in [1.807, 2.05) is 26.1 Å². The van der Waals surface area contributed by atoms with E-state index < -0.39 is 0 Å². The van der Waals surface area contributed by atoms with Gasteiger partial charge in [-0.2, -0.15) is 5.26 Å². The number of hydrogen-bond acceptors (Lipinski definition) is 4. The fourth-order valence-corrected chi connectivity index (χ4v) is 1.79. The van der Waals surface area contributed by atoms with Gasteiger partial charge in [-0.05, 0) is 32.5 Å². The average Bonchev–Trinajstić information content (AvgIpc) is 2.39. The number of nitrogens with zero attached hydrogens (tertiary/aromatic N) is 3. The van der Waals surface area contributed by atoms with Crippen LogP contribution in [0.25, 0.3) is 0 Å². The van der Waals surface area contributed by atoms with Crippen molar-refractivity contribution >= 4 is 17.4 Å². The van der Waals surface area contributed by atoms with E-state index in [-0.39, 0.29) is 6.04 Å². The summed E-state index contributed by atoms with van der Waals surface area (Å²) in [4.78, 5) is 6.61. The monoisotopic (exact) mass is 280 g/mol. The van der Waals surface area contributed by atoms with Gasteiger partial charge < -0.3 is 5.32 Å². The lowest BCUT2D eigenvalue weighted by Crippen LogP contribution is -2.28. The SMILES string of the molecule is CCCNc1ccc(Cl)c(CN(C)C(C)CC#N)n1. The highest BCUT2D eigenvalue weighted by molar-refractivity contribution is 6.31. The Kier molecular flexibility index (Phi) is 6.61. The quantitative estimate of drug-likeness (QED) is 0.833. The number of nitriles is 1. The lowest BCUT2D eigenvalue weighted by atomic mass is 10.2. The molecular formula is C14H21ClN4. The third-order valence-electron chi connectivity index (χ3n) is 3.01. The fourth-order valence-electron chi connectivity index (χ4n) is 1.63. The van der Waals surface area contributed by atoms with Gasteiger partial charge in [-0.25, -0.2) is 4.98 Å². The number of hydrogen-bond donors (Lipinski definition) is 1. The molecule has 1 atom stereocenters. The Bertz CT molecular complexity index is 442. The highest BCUT2D eigenvalue weighted by Crippen LogP contribution is 2.19. The molecule has 0 amide bonds. The standard InChI is InChI=1S/C14H21ClN4/c1-4-9-17-14-6-5-12(15)13(18-14)10-19(3)11(2)7-8-16/h5-6,11H,4,7,9-10H2,1-3H3,(H,17,18). The lowest BCUT2D eigenvalue weighted by molar-refractivity contribution is 0.250. The number of halogens is 1. The van der Waals surface area contributed by atoms with Crippen molar-refractivity contribution in [3.8, 4) is 6.07 Å². The molecule has 1 aromatic heterocycles. The van der Waals surface area contributed by atoms with Crippen LogP contribution in [-0.4, -0.2) is 29.5 Å². The zero-order chi connectivity index (χ0) is 14.3. The second-order valence-corrected chi connectivity index (χ2v) is 5.09. The highest BCUT2D eigenvalue weighted by atomic mass is 35.5. The summed E-state index contributed by atoms with van der Waals surface area (Å²) >= 11 is 6.17. The molecule has 0 spiro atoms. The molecule has 1 aromatic rings. The minimum absolute atomic E-state index is 0.190. The summed E-state index contributed by atoms with van der Waals surface area (Å²) in [7, 11) is 1.98. The smallest absolute Gasteiger partial charge is 0.126 e. The molecule has 0 bridgehead atoms. The second-order valence-electron chi connectivity index (χ2n) is 4.68. The molecule has 104 valence electrons. The molecule has 0 saturated heterocycles. The summed E-state index contributed by atoms with van der Waals surface area (Å²) in [5.74, 6) is 0.850. The number of aromatic nitrogens is 1. The molecule has 0 aliphatic heterocycles. The fraction of sp³-hybridized carbons (Fsp3) is 0.571. The Hall–Kier alpha value is -1.31. The van der Waals surface area contributed by atoms with Gasteiger partial charge >= 0.3 is 0 Å². The molecule has 0 fully saturated rings. The summed E-state index contributed by atoms with van der Waals surface area (Å²) < 4.78 is 0. The Morgan fingerprint density at radius 2 is 2.26 bits per heavy atom. The van der Waals surface area contributed by atoms with Crippen molar-refractivity contribution < 1.29 is 0 Å². The van der Waals surface area contributed by atoms with Crippen LogP contribution in [0.5, 0.6) is 0 Å². The van der Waals surface area contributed by atoms with E-state index in [2.05, 4.69) is 28.2 Å². The Morgan fingerprint density at radius 1 is 1.53 bits per heavy atom. The first-order valence-corrected chi connectivity index (χ1v) is 6.92. The molecule has 0 aliphatic rings. The normalized spacial score (nSPS) is 12.2. The van der Waals surface area contributed by atoms with Gasteiger partial charge in [-0.15, -0.1) is 0 Å². The average molecular weight is 281 g/mol. The molecule has 0 aliphatic carbocycles. The van der Waals surface area contributed by atoms with Gasteiger partial charge in [0, 0.05) is 19.1 Å². The lowest BCUT2D eigenvalue weighted by Gasteiger charge is -2.22. The second kappa shape index (κ2) is 7.98. The van der Waals surface area contributed by atoms with Crippen LogP contribution in [-0.2, 0) is 6.54 Å². The van der Waals surface area contributed by atoms with E-state index in [4.69, 9.17) is 16.9 Å². The minimum atomic E-state index is 0.190. The highest BCUT2D eigenvalue weighted by Gasteiger charge is 2.12. The summed E-state index contributed by atoms with van der Waals surface area (Å²) in [5, 5.41) is 12.6. The van der Waals surface area contributed by atoms with E-state index in [0.717, 1.165) is 24.5 Å². The van der Waals surface area contributed by atoms with Gasteiger partial charge in [0.15, 0.2) is 0 Å². The molecule has 19 heavy (non-hydrogen) atoms. The molecule has 5 heteroatoms. The van der Waals surface area contributed by atoms with Gasteiger partial charge in [0.25, 0.3) is 0 Å². The van der Waals surface area contributed by atoms with Crippen LogP contribution in [0, 0.1) is 11.3 Å². The number of nitrogens with one attached hydrogen (secondary N) is 1. The molecule has 0 saturated carbocycles. The van der Waals surface area contributed by atoms with Crippen molar-refractivity contribution in [2.24, 2.45) is 0 Å². The first-order valence-electron chi connectivity index (χ1n) is 6.55. The van der Waals surface area contributed by atoms with Crippen LogP contribution >= 0.6 is 11.6 Å². The molecule has 1 heterocycles. The molecule has 1 rings (SSSR count). The summed E-state index contributed by atoms with van der Waals surface area (Å²) in [6.45, 7) is 5.68. The van der Waals surface area contributed by atoms with E-state index in [1.165, 1.54) is 0 Å². The number of rotatable bonds is 7. The van der Waals surface area contributed by atoms with Crippen molar-refractivity contribution in [3.63, 3.8) is 0 Å². The molecule has 4 nitrogen and oxygen atoms in total. The summed E-state index contributed by atoms with van der Waals surface area (Å²) in [5.41, 5.74) is 0.843. The van der Waals surface area contributed by atoms with Crippen molar-refractivity contribution in [2.75, 3.05) is 18.9 Å². The predicted octanol–water partition coefficient (Wildman–Crippen LogP) is 3.29. The van der Waals surface area contributed by atoms with Crippen molar-refractivity contribution in [2.45, 2.75) is 39.3 Å². The largest absolute Gasteiger partial charge is 0.370 e. The van der Waals surface area contributed by atoms with Crippen LogP contribution < -0.4 is 5.32 Å². The summed E-state index contributed by atoms with van der Waals surface area (Å²) in [6.07, 6.45) is 1.56. The van der Waals surface area contributed by atoms with Crippen molar-refractivity contribution in [1.82, 2.24) is 9.88 Å². The van der Waals surface area contributed by atoms with E-state index in [9.17, 15) is 0 Å². The van der Waals surface area contributed by atoms with Gasteiger partial charge in [-0.1, -0.05) is 18.5 Å². The molecule has 0 radical (unpaired) electrons. The minimum Gasteiger partial charge on any atom is -0.370 e. The van der Waals surface area contributed by atoms with Crippen LogP contribution in [0.2, 0.25) is 5.02 Å². The Balaban J connectivity index is 2.73. The van der Waals surface area contributed by atoms with Gasteiger partial charge in [0.05, 0.1) is 23.2 Å². The van der Waals surface area contributed by atoms with Crippen molar-refractivity contribution in [1.29, 1.82) is 5.26 Å². The van der Waals surface area contributed by atoms with Crippen molar-refractivity contribution in [3.05, 3.63) is 22.8 Å². The Morgan fingerprint density at radius 3 is 2.89 bits per heavy atom. The van der Waals surface area contributed by atoms with E-state index >= 15 is 0 Å². The maximum atomic E-state index is 8.72. The van der Waals surface area contributed by atoms with E-state index in [1.54, 1.807) is 0 Å². The number of anilines is 1. The maximum absolute atomic E-state index is 8.72.